The first-order valence-electron chi connectivity index (χ1n) is 6.22. The van der Waals surface area contributed by atoms with E-state index in [4.69, 9.17) is 0 Å². The first-order valence-corrected chi connectivity index (χ1v) is 7.87. The summed E-state index contributed by atoms with van der Waals surface area (Å²) in [5.74, 6) is 0.140. The molecule has 0 saturated heterocycles. The number of sulfonamides is 1. The minimum absolute atomic E-state index is 0.140. The molecular weight excluding hydrogens is 250 g/mol. The third kappa shape index (κ3) is 4.27. The van der Waals surface area contributed by atoms with Crippen molar-refractivity contribution in [3.05, 3.63) is 24.0 Å². The van der Waals surface area contributed by atoms with Crippen LogP contribution >= 0.6 is 0 Å². The summed E-state index contributed by atoms with van der Waals surface area (Å²) >= 11 is 0. The minimum atomic E-state index is -3.26. The Bertz CT molecular complexity index is 498. The first-order chi connectivity index (χ1) is 8.57. The Labute approximate surface area is 108 Å². The highest BCUT2D eigenvalue weighted by Gasteiger charge is 2.20. The molecule has 0 radical (unpaired) electrons. The molecule has 0 aliphatic heterocycles. The lowest BCUT2D eigenvalue weighted by atomic mass is 10.3. The van der Waals surface area contributed by atoms with Crippen molar-refractivity contribution in [2.45, 2.75) is 32.2 Å². The normalized spacial score (nSPS) is 15.6. The molecule has 1 saturated carbocycles. The van der Waals surface area contributed by atoms with Gasteiger partial charge in [-0.1, -0.05) is 0 Å². The minimum Gasteiger partial charge on any atom is -0.314 e. The molecule has 0 spiro atoms. The van der Waals surface area contributed by atoms with Gasteiger partial charge in [-0.2, -0.15) is 0 Å². The van der Waals surface area contributed by atoms with E-state index in [1.54, 1.807) is 25.3 Å². The van der Waals surface area contributed by atoms with E-state index in [9.17, 15) is 8.42 Å². The fourth-order valence-corrected chi connectivity index (χ4v) is 2.84. The van der Waals surface area contributed by atoms with Crippen LogP contribution in [0.2, 0.25) is 0 Å². The lowest BCUT2D eigenvalue weighted by molar-refractivity contribution is 0.593. The van der Waals surface area contributed by atoms with Gasteiger partial charge in [-0.25, -0.2) is 8.42 Å². The Hall–Kier alpha value is -1.14. The van der Waals surface area contributed by atoms with Crippen LogP contribution in [0.3, 0.4) is 0 Å². The summed E-state index contributed by atoms with van der Waals surface area (Å²) in [6.07, 6.45) is 4.72. The maximum absolute atomic E-state index is 11.8. The molecule has 1 aromatic heterocycles. The van der Waals surface area contributed by atoms with Crippen LogP contribution in [0.1, 0.15) is 25.0 Å². The van der Waals surface area contributed by atoms with Crippen LogP contribution in [0.15, 0.2) is 18.3 Å². The van der Waals surface area contributed by atoms with E-state index in [0.717, 1.165) is 6.54 Å². The van der Waals surface area contributed by atoms with Gasteiger partial charge in [0.1, 0.15) is 0 Å². The van der Waals surface area contributed by atoms with Gasteiger partial charge in [0.05, 0.1) is 17.1 Å². The van der Waals surface area contributed by atoms with E-state index < -0.39 is 10.0 Å². The van der Waals surface area contributed by atoms with E-state index in [1.807, 2.05) is 0 Å². The Balaban J connectivity index is 1.80. The third-order valence-electron chi connectivity index (χ3n) is 2.87. The maximum Gasteiger partial charge on any atom is 0.232 e. The highest BCUT2D eigenvalue weighted by Crippen LogP contribution is 2.18. The summed E-state index contributed by atoms with van der Waals surface area (Å²) in [7, 11) is -3.26. The van der Waals surface area contributed by atoms with Crippen molar-refractivity contribution >= 4 is 15.7 Å². The van der Waals surface area contributed by atoms with Gasteiger partial charge >= 0.3 is 0 Å². The number of hydrogen-bond donors (Lipinski definition) is 2. The Morgan fingerprint density at radius 2 is 2.22 bits per heavy atom. The second-order valence-corrected chi connectivity index (χ2v) is 6.48. The van der Waals surface area contributed by atoms with Crippen LogP contribution in [0, 0.1) is 6.92 Å². The number of nitrogens with zero attached hydrogens (tertiary/aromatic N) is 1. The second kappa shape index (κ2) is 5.67. The van der Waals surface area contributed by atoms with Gasteiger partial charge in [-0.15, -0.1) is 0 Å². The smallest absolute Gasteiger partial charge is 0.232 e. The van der Waals surface area contributed by atoms with Crippen LogP contribution < -0.4 is 10.0 Å². The number of aryl methyl sites for hydroxylation is 1. The van der Waals surface area contributed by atoms with E-state index in [0.29, 0.717) is 23.8 Å². The Morgan fingerprint density at radius 1 is 1.44 bits per heavy atom. The Morgan fingerprint density at radius 3 is 2.89 bits per heavy atom. The zero-order chi connectivity index (χ0) is 13.0. The predicted molar refractivity (Wildman–Crippen MR) is 72.0 cm³/mol. The number of pyridine rings is 1. The summed E-state index contributed by atoms with van der Waals surface area (Å²) in [4.78, 5) is 4.05. The number of anilines is 1. The van der Waals surface area contributed by atoms with Crippen LogP contribution in [0.25, 0.3) is 0 Å². The van der Waals surface area contributed by atoms with Crippen LogP contribution in [0.4, 0.5) is 5.69 Å². The van der Waals surface area contributed by atoms with E-state index in [-0.39, 0.29) is 5.75 Å². The summed E-state index contributed by atoms with van der Waals surface area (Å²) in [5.41, 5.74) is 1.25. The molecule has 0 bridgehead atoms. The van der Waals surface area contributed by atoms with Crippen LogP contribution in [0.5, 0.6) is 0 Å². The second-order valence-electron chi connectivity index (χ2n) is 4.64. The number of rotatable bonds is 7. The quantitative estimate of drug-likeness (QED) is 0.731. The number of nitrogens with one attached hydrogen (secondary N) is 2. The highest BCUT2D eigenvalue weighted by molar-refractivity contribution is 7.92. The summed E-state index contributed by atoms with van der Waals surface area (Å²) < 4.78 is 26.3. The van der Waals surface area contributed by atoms with Crippen molar-refractivity contribution < 1.29 is 8.42 Å². The van der Waals surface area contributed by atoms with Crippen molar-refractivity contribution in [3.8, 4) is 0 Å². The van der Waals surface area contributed by atoms with Crippen LogP contribution in [-0.2, 0) is 10.0 Å². The van der Waals surface area contributed by atoms with Gasteiger partial charge in [0, 0.05) is 12.2 Å². The average molecular weight is 269 g/mol. The average Bonchev–Trinajstić information content (AvgIpc) is 3.12. The first kappa shape index (κ1) is 13.3. The van der Waals surface area contributed by atoms with Gasteiger partial charge in [0.2, 0.25) is 10.0 Å². The van der Waals surface area contributed by atoms with Crippen molar-refractivity contribution in [1.82, 2.24) is 10.3 Å². The number of aromatic nitrogens is 1. The van der Waals surface area contributed by atoms with Gasteiger partial charge in [0.15, 0.2) is 0 Å². The third-order valence-corrected chi connectivity index (χ3v) is 4.23. The zero-order valence-electron chi connectivity index (χ0n) is 10.5. The lowest BCUT2D eigenvalue weighted by Crippen LogP contribution is -2.23. The molecule has 0 atom stereocenters. The molecule has 1 fully saturated rings. The molecule has 0 aromatic carbocycles. The fraction of sp³-hybridized carbons (Fsp3) is 0.583. The van der Waals surface area contributed by atoms with Crippen molar-refractivity contribution in [1.29, 1.82) is 0 Å². The molecule has 1 aliphatic rings. The lowest BCUT2D eigenvalue weighted by Gasteiger charge is -2.09. The molecule has 2 rings (SSSR count). The molecule has 0 amide bonds. The molecule has 18 heavy (non-hydrogen) atoms. The predicted octanol–water partition coefficient (Wildman–Crippen LogP) is 1.27. The van der Waals surface area contributed by atoms with E-state index in [1.165, 1.54) is 12.8 Å². The largest absolute Gasteiger partial charge is 0.314 e. The SMILES string of the molecule is Cc1ncccc1NS(=O)(=O)CCCNC1CC1. The molecule has 5 nitrogen and oxygen atoms in total. The molecule has 1 aromatic rings. The van der Waals surface area contributed by atoms with Crippen molar-refractivity contribution in [2.24, 2.45) is 0 Å². The van der Waals surface area contributed by atoms with Gasteiger partial charge in [0.25, 0.3) is 0 Å². The van der Waals surface area contributed by atoms with Gasteiger partial charge in [-0.05, 0) is 44.9 Å². The highest BCUT2D eigenvalue weighted by atomic mass is 32.2. The molecule has 100 valence electrons. The van der Waals surface area contributed by atoms with E-state index >= 15 is 0 Å². The van der Waals surface area contributed by atoms with Gasteiger partial charge in [-0.3, -0.25) is 9.71 Å². The number of hydrogen-bond acceptors (Lipinski definition) is 4. The molecule has 6 heteroatoms. The molecule has 2 N–H and O–H groups in total. The van der Waals surface area contributed by atoms with Crippen LogP contribution in [-0.4, -0.2) is 31.7 Å². The summed E-state index contributed by atoms with van der Waals surface area (Å²) in [5, 5.41) is 3.30. The Kier molecular flexibility index (Phi) is 4.19. The summed E-state index contributed by atoms with van der Waals surface area (Å²) in [6.45, 7) is 2.55. The van der Waals surface area contributed by atoms with Crippen molar-refractivity contribution in [2.75, 3.05) is 17.0 Å². The zero-order valence-corrected chi connectivity index (χ0v) is 11.3. The monoisotopic (exact) mass is 269 g/mol. The van der Waals surface area contributed by atoms with Gasteiger partial charge < -0.3 is 5.32 Å². The fourth-order valence-electron chi connectivity index (χ4n) is 1.67. The summed E-state index contributed by atoms with van der Waals surface area (Å²) in [6, 6.07) is 4.07. The molecular formula is C12H19N3O2S. The topological polar surface area (TPSA) is 71.1 Å². The van der Waals surface area contributed by atoms with Crippen molar-refractivity contribution in [3.63, 3.8) is 0 Å². The molecule has 1 aliphatic carbocycles. The molecule has 0 unspecified atom stereocenters. The maximum atomic E-state index is 11.8. The van der Waals surface area contributed by atoms with E-state index in [2.05, 4.69) is 15.0 Å². The standard InChI is InChI=1S/C12H19N3O2S/c1-10-12(4-2-7-13-10)15-18(16,17)9-3-8-14-11-5-6-11/h2,4,7,11,14-15H,3,5-6,8-9H2,1H3. The molecule has 1 heterocycles.